The molecule has 2 atom stereocenters. The topological polar surface area (TPSA) is 74.3 Å². The Morgan fingerprint density at radius 2 is 1.91 bits per heavy atom. The van der Waals surface area contributed by atoms with Crippen LogP contribution in [0.4, 0.5) is 0 Å². The maximum Gasteiger partial charge on any atom is 0.257 e. The predicted molar refractivity (Wildman–Crippen MR) is 136 cm³/mol. The molecular formula is C25H33Cl2N3O4. The second-order valence-electron chi connectivity index (χ2n) is 9.10. The number of carbonyl (C=O) groups excluding carboxylic acids is 1. The first-order valence-electron chi connectivity index (χ1n) is 11.5. The van der Waals surface area contributed by atoms with Crippen LogP contribution in [0, 0.1) is 0 Å². The van der Waals surface area contributed by atoms with E-state index in [-0.39, 0.29) is 49.5 Å². The highest BCUT2D eigenvalue weighted by molar-refractivity contribution is 5.97. The van der Waals surface area contributed by atoms with Gasteiger partial charge in [0.1, 0.15) is 23.7 Å². The summed E-state index contributed by atoms with van der Waals surface area (Å²) in [6.07, 6.45) is 0.368. The monoisotopic (exact) mass is 509 g/mol. The molecule has 0 bridgehead atoms. The van der Waals surface area contributed by atoms with Gasteiger partial charge in [-0.25, -0.2) is 0 Å². The summed E-state index contributed by atoms with van der Waals surface area (Å²) in [5.41, 5.74) is 3.23. The van der Waals surface area contributed by atoms with E-state index in [9.17, 15) is 9.90 Å². The van der Waals surface area contributed by atoms with Crippen LogP contribution in [0.2, 0.25) is 0 Å². The Hall–Kier alpha value is -2.03. The predicted octanol–water partition coefficient (Wildman–Crippen LogP) is 2.52. The summed E-state index contributed by atoms with van der Waals surface area (Å²) in [6.45, 7) is 6.65. The van der Waals surface area contributed by atoms with Gasteiger partial charge in [-0.2, -0.15) is 0 Å². The first kappa shape index (κ1) is 26.6. The van der Waals surface area contributed by atoms with Gasteiger partial charge in [-0.05, 0) is 36.6 Å². The van der Waals surface area contributed by atoms with Crippen LogP contribution in [-0.2, 0) is 13.0 Å². The zero-order chi connectivity index (χ0) is 22.1. The molecule has 1 amide bonds. The Balaban J connectivity index is 0.00000162. The van der Waals surface area contributed by atoms with E-state index in [2.05, 4.69) is 34.5 Å². The van der Waals surface area contributed by atoms with Crippen molar-refractivity contribution in [2.24, 2.45) is 0 Å². The van der Waals surface area contributed by atoms with Crippen LogP contribution in [0.5, 0.6) is 11.5 Å². The fourth-order valence-electron chi connectivity index (χ4n) is 4.68. The highest BCUT2D eigenvalue weighted by Gasteiger charge is 2.30. The average Bonchev–Trinajstić information content (AvgIpc) is 2.86. The minimum absolute atomic E-state index is 0. The van der Waals surface area contributed by atoms with Crippen LogP contribution >= 0.6 is 24.8 Å². The van der Waals surface area contributed by atoms with Gasteiger partial charge in [0.05, 0.1) is 18.2 Å². The van der Waals surface area contributed by atoms with Crippen molar-refractivity contribution in [2.75, 3.05) is 39.3 Å². The third kappa shape index (κ3) is 5.96. The minimum atomic E-state index is -0.619. The third-order valence-corrected chi connectivity index (χ3v) is 6.43. The maximum absolute atomic E-state index is 13.2. The second kappa shape index (κ2) is 11.6. The number of carbonyl (C=O) groups is 1. The van der Waals surface area contributed by atoms with Gasteiger partial charge in [-0.3, -0.25) is 9.69 Å². The highest BCUT2D eigenvalue weighted by Crippen LogP contribution is 2.30. The molecule has 3 aliphatic heterocycles. The fourth-order valence-corrected chi connectivity index (χ4v) is 4.68. The Morgan fingerprint density at radius 3 is 2.65 bits per heavy atom. The molecule has 0 aliphatic carbocycles. The Labute approximate surface area is 213 Å². The van der Waals surface area contributed by atoms with Crippen LogP contribution in [0.1, 0.15) is 28.4 Å². The number of fused-ring (bicyclic) bond motifs is 2. The zero-order valence-corrected chi connectivity index (χ0v) is 20.9. The second-order valence-corrected chi connectivity index (χ2v) is 9.10. The standard InChI is InChI=1S/C25H31N3O4.2ClH/c1-17-13-28(16-20(29)15-27-9-8-18-4-2-3-5-19(18)14-27)25(30)23-7-6-21(10-24(23)31-17)32-22-11-26-12-22;;/h2-7,10,17,20,22,26,29H,8-9,11-16H2,1H3;2*1H. The number of nitrogens with zero attached hydrogens (tertiary/aromatic N) is 2. The molecule has 3 heterocycles. The third-order valence-electron chi connectivity index (χ3n) is 6.43. The largest absolute Gasteiger partial charge is 0.488 e. The summed E-state index contributed by atoms with van der Waals surface area (Å²) in [5.74, 6) is 1.16. The molecule has 9 heteroatoms. The molecule has 1 saturated heterocycles. The summed E-state index contributed by atoms with van der Waals surface area (Å²) in [4.78, 5) is 17.2. The number of halogens is 2. The first-order chi connectivity index (χ1) is 15.5. The fraction of sp³-hybridized carbons (Fsp3) is 0.480. The van der Waals surface area contributed by atoms with E-state index in [1.807, 2.05) is 19.1 Å². The zero-order valence-electron chi connectivity index (χ0n) is 19.3. The van der Waals surface area contributed by atoms with E-state index in [0.717, 1.165) is 32.6 Å². The summed E-state index contributed by atoms with van der Waals surface area (Å²) in [6, 6.07) is 13.9. The Bertz CT molecular complexity index is 988. The number of nitrogens with one attached hydrogen (secondary N) is 1. The van der Waals surface area contributed by atoms with Crippen molar-refractivity contribution in [3.8, 4) is 11.5 Å². The molecule has 0 radical (unpaired) electrons. The molecule has 7 nitrogen and oxygen atoms in total. The lowest BCUT2D eigenvalue weighted by atomic mass is 10.00. The molecule has 5 rings (SSSR count). The number of β-amino-alcohol motifs (C(OH)–C–C–N with tert-alkyl or cyclic N) is 1. The molecule has 2 N–H and O–H groups in total. The van der Waals surface area contributed by atoms with Crippen LogP contribution in [0.3, 0.4) is 0 Å². The molecule has 2 unspecified atom stereocenters. The minimum Gasteiger partial charge on any atom is -0.488 e. The maximum atomic E-state index is 13.2. The molecule has 2 aromatic rings. The Kier molecular flexibility index (Phi) is 9.07. The van der Waals surface area contributed by atoms with Crippen molar-refractivity contribution < 1.29 is 19.4 Å². The summed E-state index contributed by atoms with van der Waals surface area (Å²) in [7, 11) is 0. The van der Waals surface area contributed by atoms with Crippen molar-refractivity contribution in [1.82, 2.24) is 15.1 Å². The molecular weight excluding hydrogens is 477 g/mol. The number of hydrogen-bond acceptors (Lipinski definition) is 6. The lowest BCUT2D eigenvalue weighted by Gasteiger charge is -2.32. The van der Waals surface area contributed by atoms with Crippen LogP contribution in [0.25, 0.3) is 0 Å². The van der Waals surface area contributed by atoms with Crippen molar-refractivity contribution in [1.29, 1.82) is 0 Å². The summed E-state index contributed by atoms with van der Waals surface area (Å²) < 4.78 is 12.0. The number of rotatable bonds is 6. The van der Waals surface area contributed by atoms with E-state index in [1.54, 1.807) is 11.0 Å². The van der Waals surface area contributed by atoms with Gasteiger partial charge in [0.2, 0.25) is 0 Å². The molecule has 0 spiro atoms. The van der Waals surface area contributed by atoms with E-state index in [0.29, 0.717) is 30.2 Å². The molecule has 0 aromatic heterocycles. The normalized spacial score (nSPS) is 20.9. The van der Waals surface area contributed by atoms with Crippen molar-refractivity contribution in [3.63, 3.8) is 0 Å². The van der Waals surface area contributed by atoms with Crippen LogP contribution in [-0.4, -0.2) is 78.4 Å². The van der Waals surface area contributed by atoms with Crippen LogP contribution in [0.15, 0.2) is 42.5 Å². The van der Waals surface area contributed by atoms with E-state index in [4.69, 9.17) is 9.47 Å². The first-order valence-corrected chi connectivity index (χ1v) is 11.5. The summed E-state index contributed by atoms with van der Waals surface area (Å²) >= 11 is 0. The van der Waals surface area contributed by atoms with Gasteiger partial charge in [0, 0.05) is 45.3 Å². The van der Waals surface area contributed by atoms with Gasteiger partial charge < -0.3 is 24.8 Å². The van der Waals surface area contributed by atoms with Gasteiger partial charge in [-0.15, -0.1) is 24.8 Å². The van der Waals surface area contributed by atoms with Gasteiger partial charge in [0.15, 0.2) is 0 Å². The van der Waals surface area contributed by atoms with Gasteiger partial charge in [-0.1, -0.05) is 24.3 Å². The van der Waals surface area contributed by atoms with E-state index >= 15 is 0 Å². The van der Waals surface area contributed by atoms with Crippen molar-refractivity contribution in [3.05, 3.63) is 59.2 Å². The van der Waals surface area contributed by atoms with Crippen molar-refractivity contribution in [2.45, 2.75) is 38.2 Å². The lowest BCUT2D eigenvalue weighted by molar-refractivity contribution is 0.0454. The number of hydrogen-bond donors (Lipinski definition) is 2. The number of benzene rings is 2. The average molecular weight is 510 g/mol. The number of ether oxygens (including phenoxy) is 2. The quantitative estimate of drug-likeness (QED) is 0.623. The molecule has 2 aromatic carbocycles. The van der Waals surface area contributed by atoms with Crippen LogP contribution < -0.4 is 14.8 Å². The molecule has 3 aliphatic rings. The number of aliphatic hydroxyl groups excluding tert-OH is 1. The molecule has 0 saturated carbocycles. The number of aliphatic hydroxyl groups is 1. The van der Waals surface area contributed by atoms with E-state index < -0.39 is 6.10 Å². The molecule has 34 heavy (non-hydrogen) atoms. The Morgan fingerprint density at radius 1 is 1.15 bits per heavy atom. The highest BCUT2D eigenvalue weighted by atomic mass is 35.5. The van der Waals surface area contributed by atoms with Crippen molar-refractivity contribution >= 4 is 30.7 Å². The lowest BCUT2D eigenvalue weighted by Crippen LogP contribution is -2.50. The SMILES string of the molecule is CC1CN(CC(O)CN2CCc3ccccc3C2)C(=O)c2ccc(OC3CNC3)cc2O1.Cl.Cl. The van der Waals surface area contributed by atoms with E-state index in [1.165, 1.54) is 11.1 Å². The van der Waals surface area contributed by atoms with Gasteiger partial charge in [0.25, 0.3) is 5.91 Å². The van der Waals surface area contributed by atoms with Gasteiger partial charge >= 0.3 is 0 Å². The molecule has 1 fully saturated rings. The molecule has 186 valence electrons. The number of amides is 1. The summed E-state index contributed by atoms with van der Waals surface area (Å²) in [5, 5.41) is 14.0. The smallest absolute Gasteiger partial charge is 0.257 e.